The molecular weight excluding hydrogens is 578 g/mol. The molecule has 2 aliphatic heterocycles. The average Bonchev–Trinajstić information content (AvgIpc) is 3.26. The van der Waals surface area contributed by atoms with Crippen LogP contribution in [0.1, 0.15) is 65.9 Å². The van der Waals surface area contributed by atoms with Gasteiger partial charge in [-0.1, -0.05) is 25.3 Å². The lowest BCUT2D eigenvalue weighted by atomic mass is 9.81. The molecule has 3 heterocycles. The fraction of sp³-hybridized carbons (Fsp3) is 0.515. The maximum Gasteiger partial charge on any atom is 0.303 e. The van der Waals surface area contributed by atoms with Crippen molar-refractivity contribution in [3.05, 3.63) is 53.1 Å². The molecule has 2 fully saturated rings. The number of carbonyl (C=O) groups excluding carboxylic acids is 2. The van der Waals surface area contributed by atoms with Crippen LogP contribution in [-0.4, -0.2) is 88.3 Å². The number of carbonyl (C=O) groups is 2. The number of rotatable bonds is 8. The summed E-state index contributed by atoms with van der Waals surface area (Å²) in [5.41, 5.74) is 6.53. The third-order valence-electron chi connectivity index (χ3n) is 9.35. The number of nitrogens with one attached hydrogen (secondary N) is 2. The molecule has 1 saturated carbocycles. The molecule has 238 valence electrons. The Morgan fingerprint density at radius 2 is 1.80 bits per heavy atom. The minimum atomic E-state index is -3.97. The van der Waals surface area contributed by atoms with E-state index >= 15 is 0 Å². The largest absolute Gasteiger partial charge is 0.497 e. The lowest BCUT2D eigenvalue weighted by Crippen LogP contribution is -2.48. The SMILES string of the molecule is C=O.COc1ccc2c(c1)CCCn1c-2c(C2CCCCC2)c2ccc(C(=O)NS(=O)(=O)N(C)CCN3CCNCC3)cc21. The third kappa shape index (κ3) is 6.71. The second-order valence-corrected chi connectivity index (χ2v) is 13.7. The minimum absolute atomic E-state index is 0.322. The van der Waals surface area contributed by atoms with Gasteiger partial charge < -0.3 is 19.4 Å². The molecule has 1 saturated heterocycles. The van der Waals surface area contributed by atoms with Crippen molar-refractivity contribution in [3.8, 4) is 17.0 Å². The summed E-state index contributed by atoms with van der Waals surface area (Å²) in [4.78, 5) is 23.6. The molecule has 1 aromatic heterocycles. The van der Waals surface area contributed by atoms with Crippen molar-refractivity contribution in [2.24, 2.45) is 0 Å². The Hall–Kier alpha value is -3.25. The monoisotopic (exact) mass is 623 g/mol. The van der Waals surface area contributed by atoms with Crippen molar-refractivity contribution >= 4 is 33.8 Å². The minimum Gasteiger partial charge on any atom is -0.497 e. The van der Waals surface area contributed by atoms with Crippen molar-refractivity contribution in [1.29, 1.82) is 0 Å². The summed E-state index contributed by atoms with van der Waals surface area (Å²) in [6, 6.07) is 12.1. The molecule has 3 aromatic rings. The van der Waals surface area contributed by atoms with Crippen LogP contribution in [0.2, 0.25) is 0 Å². The van der Waals surface area contributed by atoms with Gasteiger partial charge in [-0.05, 0) is 73.1 Å². The second-order valence-electron chi connectivity index (χ2n) is 12.0. The average molecular weight is 624 g/mol. The van der Waals surface area contributed by atoms with E-state index in [1.807, 2.05) is 25.0 Å². The van der Waals surface area contributed by atoms with Gasteiger partial charge in [-0.3, -0.25) is 9.69 Å². The van der Waals surface area contributed by atoms with Crippen LogP contribution >= 0.6 is 0 Å². The van der Waals surface area contributed by atoms with Gasteiger partial charge in [0.25, 0.3) is 5.91 Å². The molecule has 10 nitrogen and oxygen atoms in total. The molecule has 6 rings (SSSR count). The fourth-order valence-corrected chi connectivity index (χ4v) is 7.83. The number of piperazine rings is 1. The highest BCUT2D eigenvalue weighted by Crippen LogP contribution is 2.46. The van der Waals surface area contributed by atoms with Crippen LogP contribution < -0.4 is 14.8 Å². The van der Waals surface area contributed by atoms with Gasteiger partial charge in [0, 0.05) is 74.9 Å². The number of aryl methyl sites for hydroxylation is 2. The summed E-state index contributed by atoms with van der Waals surface area (Å²) in [5.74, 6) is 0.741. The van der Waals surface area contributed by atoms with Gasteiger partial charge in [0.1, 0.15) is 12.5 Å². The van der Waals surface area contributed by atoms with E-state index in [-0.39, 0.29) is 0 Å². The maximum atomic E-state index is 13.4. The molecule has 0 atom stereocenters. The molecule has 11 heteroatoms. The van der Waals surface area contributed by atoms with Gasteiger partial charge in [-0.25, -0.2) is 4.72 Å². The maximum absolute atomic E-state index is 13.4. The molecule has 0 bridgehead atoms. The number of fused-ring (bicyclic) bond motifs is 5. The topological polar surface area (TPSA) is 113 Å². The summed E-state index contributed by atoms with van der Waals surface area (Å²) in [6.07, 6.45) is 8.00. The van der Waals surface area contributed by atoms with Gasteiger partial charge in [0.2, 0.25) is 0 Å². The van der Waals surface area contributed by atoms with Crippen molar-refractivity contribution in [2.75, 3.05) is 53.4 Å². The quantitative estimate of drug-likeness (QED) is 0.391. The summed E-state index contributed by atoms with van der Waals surface area (Å²) in [5, 5.41) is 4.48. The molecule has 1 amide bonds. The van der Waals surface area contributed by atoms with Gasteiger partial charge in [0.15, 0.2) is 0 Å². The number of benzene rings is 2. The number of methoxy groups -OCH3 is 1. The van der Waals surface area contributed by atoms with Crippen molar-refractivity contribution in [3.63, 3.8) is 0 Å². The summed E-state index contributed by atoms with van der Waals surface area (Å²) in [6.45, 7) is 7.39. The van der Waals surface area contributed by atoms with Gasteiger partial charge >= 0.3 is 10.2 Å². The van der Waals surface area contributed by atoms with Crippen LogP contribution in [0.25, 0.3) is 22.2 Å². The summed E-state index contributed by atoms with van der Waals surface area (Å²) < 4.78 is 37.6. The van der Waals surface area contributed by atoms with Crippen LogP contribution in [0.15, 0.2) is 36.4 Å². The van der Waals surface area contributed by atoms with Gasteiger partial charge in [0.05, 0.1) is 12.8 Å². The predicted octanol–water partition coefficient (Wildman–Crippen LogP) is 3.94. The number of hydrogen-bond acceptors (Lipinski definition) is 7. The standard InChI is InChI=1S/C32H43N5O4S.CH2O/c1-35(19-20-36-17-14-33-15-18-36)42(39,40)34-32(38)25-10-12-28-29(22-25)37-16-6-9-24-21-26(41-2)11-13-27(24)31(37)30(28)23-7-4-3-5-8-23;1-2/h10-13,21-23,33H,3-9,14-20H2,1-2H3,(H,34,38);1H2. The fourth-order valence-electron chi connectivity index (χ4n) is 7.00. The van der Waals surface area contributed by atoms with Gasteiger partial charge in [-0.15, -0.1) is 0 Å². The number of ether oxygens (including phenoxy) is 1. The van der Waals surface area contributed by atoms with Crippen LogP contribution in [-0.2, 0) is 28.0 Å². The lowest BCUT2D eigenvalue weighted by Gasteiger charge is -2.28. The third-order valence-corrected chi connectivity index (χ3v) is 10.8. The van der Waals surface area contributed by atoms with Crippen LogP contribution in [0, 0.1) is 0 Å². The number of amides is 1. The van der Waals surface area contributed by atoms with E-state index in [0.717, 1.165) is 56.8 Å². The van der Waals surface area contributed by atoms with E-state index in [9.17, 15) is 13.2 Å². The van der Waals surface area contributed by atoms with Crippen LogP contribution in [0.3, 0.4) is 0 Å². The highest BCUT2D eigenvalue weighted by Gasteiger charge is 2.30. The molecule has 2 aromatic carbocycles. The van der Waals surface area contributed by atoms with Crippen LogP contribution in [0.4, 0.5) is 0 Å². The Bertz CT molecular complexity index is 1570. The number of likely N-dealkylation sites (N-methyl/N-ethyl adjacent to an activating group) is 1. The summed E-state index contributed by atoms with van der Waals surface area (Å²) in [7, 11) is -0.738. The Balaban J connectivity index is 0.00000188. The molecule has 0 spiro atoms. The first-order chi connectivity index (χ1) is 21.4. The molecule has 44 heavy (non-hydrogen) atoms. The number of nitrogens with zero attached hydrogens (tertiary/aromatic N) is 3. The lowest BCUT2D eigenvalue weighted by molar-refractivity contribution is -0.0980. The molecule has 0 unspecified atom stereocenters. The molecule has 1 aliphatic carbocycles. The van der Waals surface area contributed by atoms with E-state index in [4.69, 9.17) is 9.53 Å². The van der Waals surface area contributed by atoms with E-state index < -0.39 is 16.1 Å². The van der Waals surface area contributed by atoms with Crippen molar-refractivity contribution < 1.29 is 22.7 Å². The Kier molecular flexibility index (Phi) is 10.4. The molecule has 0 radical (unpaired) electrons. The first-order valence-corrected chi connectivity index (χ1v) is 17.1. The normalized spacial score (nSPS) is 17.7. The van der Waals surface area contributed by atoms with E-state index in [0.29, 0.717) is 24.6 Å². The first-order valence-electron chi connectivity index (χ1n) is 15.7. The highest BCUT2D eigenvalue weighted by molar-refractivity contribution is 7.87. The van der Waals surface area contributed by atoms with Crippen molar-refractivity contribution in [2.45, 2.75) is 57.4 Å². The van der Waals surface area contributed by atoms with Crippen LogP contribution in [0.5, 0.6) is 5.75 Å². The number of aromatic nitrogens is 1. The smallest absolute Gasteiger partial charge is 0.303 e. The zero-order chi connectivity index (χ0) is 31.3. The summed E-state index contributed by atoms with van der Waals surface area (Å²) >= 11 is 0. The molecular formula is C33H45N5O5S. The van der Waals surface area contributed by atoms with E-state index in [2.05, 4.69) is 31.6 Å². The Labute approximate surface area is 260 Å². The molecule has 3 aliphatic rings. The zero-order valence-electron chi connectivity index (χ0n) is 25.9. The van der Waals surface area contributed by atoms with E-state index in [1.165, 1.54) is 71.2 Å². The zero-order valence-corrected chi connectivity index (χ0v) is 26.8. The Morgan fingerprint density at radius 3 is 2.52 bits per heavy atom. The number of hydrogen-bond donors (Lipinski definition) is 2. The van der Waals surface area contributed by atoms with Crippen molar-refractivity contribution in [1.82, 2.24) is 23.8 Å². The van der Waals surface area contributed by atoms with E-state index in [1.54, 1.807) is 13.2 Å². The molecule has 2 N–H and O–H groups in total. The second kappa shape index (κ2) is 14.2. The van der Waals surface area contributed by atoms with Gasteiger partial charge in [-0.2, -0.15) is 12.7 Å². The predicted molar refractivity (Wildman–Crippen MR) is 174 cm³/mol. The highest BCUT2D eigenvalue weighted by atomic mass is 32.2. The Morgan fingerprint density at radius 1 is 1.05 bits per heavy atom. The first kappa shape index (κ1) is 32.2.